The number of anilines is 1. The van der Waals surface area contributed by atoms with Crippen molar-refractivity contribution < 1.29 is 19.1 Å². The zero-order valence-electron chi connectivity index (χ0n) is 18.4. The summed E-state index contributed by atoms with van der Waals surface area (Å²) in [4.78, 5) is 35.7. The van der Waals surface area contributed by atoms with Gasteiger partial charge in [0.15, 0.2) is 0 Å². The summed E-state index contributed by atoms with van der Waals surface area (Å²) >= 11 is 0. The molecule has 2 rings (SSSR count). The zero-order valence-corrected chi connectivity index (χ0v) is 18.4. The number of carbonyl (C=O) groups excluding carboxylic acids is 3. The van der Waals surface area contributed by atoms with Crippen LogP contribution in [0.3, 0.4) is 0 Å². The third kappa shape index (κ3) is 9.76. The van der Waals surface area contributed by atoms with E-state index in [-0.39, 0.29) is 24.8 Å². The van der Waals surface area contributed by atoms with E-state index in [4.69, 9.17) is 4.74 Å². The molecule has 7 nitrogen and oxygen atoms in total. The minimum atomic E-state index is -0.566. The number of benzene rings is 1. The Bertz CT molecular complexity index is 704. The summed E-state index contributed by atoms with van der Waals surface area (Å²) in [6.45, 7) is 6.03. The van der Waals surface area contributed by atoms with Crippen LogP contribution in [0, 0.1) is 5.92 Å². The first-order valence-electron chi connectivity index (χ1n) is 10.8. The molecule has 0 saturated heterocycles. The SMILES string of the molecule is CC(C)(C)OC(=O)NCCC(=O)Nc1ccc(CNC(=O)CC2CCCCC2)cc1. The fourth-order valence-electron chi connectivity index (χ4n) is 3.45. The minimum Gasteiger partial charge on any atom is -0.444 e. The lowest BCUT2D eigenvalue weighted by Crippen LogP contribution is -2.34. The fraction of sp³-hybridized carbons (Fsp3) is 0.609. The Morgan fingerprint density at radius 3 is 2.27 bits per heavy atom. The van der Waals surface area contributed by atoms with E-state index < -0.39 is 11.7 Å². The number of nitrogens with one attached hydrogen (secondary N) is 3. The van der Waals surface area contributed by atoms with Crippen LogP contribution >= 0.6 is 0 Å². The second-order valence-electron chi connectivity index (χ2n) is 8.91. The highest BCUT2D eigenvalue weighted by Gasteiger charge is 2.17. The van der Waals surface area contributed by atoms with Gasteiger partial charge in [0.1, 0.15) is 5.60 Å². The van der Waals surface area contributed by atoms with E-state index in [2.05, 4.69) is 16.0 Å². The molecule has 0 unspecified atom stereocenters. The van der Waals surface area contributed by atoms with Gasteiger partial charge in [0, 0.05) is 31.6 Å². The smallest absolute Gasteiger partial charge is 0.407 e. The van der Waals surface area contributed by atoms with Crippen molar-refractivity contribution in [3.8, 4) is 0 Å². The maximum atomic E-state index is 12.1. The van der Waals surface area contributed by atoms with Crippen LogP contribution in [0.5, 0.6) is 0 Å². The molecule has 0 spiro atoms. The van der Waals surface area contributed by atoms with E-state index in [0.29, 0.717) is 24.6 Å². The Morgan fingerprint density at radius 1 is 0.967 bits per heavy atom. The standard InChI is InChI=1S/C23H35N3O4/c1-23(2,3)30-22(29)24-14-13-20(27)26-19-11-9-18(10-12-19)16-25-21(28)15-17-7-5-4-6-8-17/h9-12,17H,4-8,13-16H2,1-3H3,(H,24,29)(H,25,28)(H,26,27). The van der Waals surface area contributed by atoms with Gasteiger partial charge in [-0.05, 0) is 57.2 Å². The topological polar surface area (TPSA) is 96.5 Å². The summed E-state index contributed by atoms with van der Waals surface area (Å²) in [5.41, 5.74) is 1.09. The van der Waals surface area contributed by atoms with Crippen molar-refractivity contribution in [1.82, 2.24) is 10.6 Å². The van der Waals surface area contributed by atoms with Crippen LogP contribution in [0.2, 0.25) is 0 Å². The maximum absolute atomic E-state index is 12.1. The monoisotopic (exact) mass is 417 g/mol. The normalized spacial score (nSPS) is 14.6. The Balaban J connectivity index is 1.65. The molecule has 3 amide bonds. The van der Waals surface area contributed by atoms with E-state index in [1.165, 1.54) is 19.3 Å². The molecule has 30 heavy (non-hydrogen) atoms. The van der Waals surface area contributed by atoms with Gasteiger partial charge in [-0.3, -0.25) is 9.59 Å². The number of amides is 3. The molecule has 0 bridgehead atoms. The third-order valence-corrected chi connectivity index (χ3v) is 4.95. The van der Waals surface area contributed by atoms with E-state index in [9.17, 15) is 14.4 Å². The molecular weight excluding hydrogens is 382 g/mol. The molecule has 1 aliphatic rings. The highest BCUT2D eigenvalue weighted by Crippen LogP contribution is 2.26. The van der Waals surface area contributed by atoms with Crippen molar-refractivity contribution in [2.45, 2.75) is 77.9 Å². The molecular formula is C23H35N3O4. The number of rotatable bonds is 8. The number of alkyl carbamates (subject to hydrolysis) is 1. The third-order valence-electron chi connectivity index (χ3n) is 4.95. The lowest BCUT2D eigenvalue weighted by atomic mass is 9.87. The molecule has 0 aliphatic heterocycles. The van der Waals surface area contributed by atoms with Crippen LogP contribution in [0.1, 0.15) is 71.3 Å². The number of hydrogen-bond acceptors (Lipinski definition) is 4. The number of carbonyl (C=O) groups is 3. The van der Waals surface area contributed by atoms with Gasteiger partial charge in [0.2, 0.25) is 11.8 Å². The first kappa shape index (κ1) is 23.7. The molecule has 0 atom stereocenters. The highest BCUT2D eigenvalue weighted by molar-refractivity contribution is 5.91. The van der Waals surface area contributed by atoms with Crippen molar-refractivity contribution >= 4 is 23.6 Å². The summed E-state index contributed by atoms with van der Waals surface area (Å²) in [6.07, 6.45) is 6.32. The van der Waals surface area contributed by atoms with Gasteiger partial charge in [-0.25, -0.2) is 4.79 Å². The van der Waals surface area contributed by atoms with Gasteiger partial charge in [-0.15, -0.1) is 0 Å². The first-order valence-corrected chi connectivity index (χ1v) is 10.8. The molecule has 166 valence electrons. The van der Waals surface area contributed by atoms with Gasteiger partial charge in [-0.2, -0.15) is 0 Å². The largest absolute Gasteiger partial charge is 0.444 e. The average molecular weight is 418 g/mol. The lowest BCUT2D eigenvalue weighted by molar-refractivity contribution is -0.122. The molecule has 3 N–H and O–H groups in total. The molecule has 1 aliphatic carbocycles. The van der Waals surface area contributed by atoms with Gasteiger partial charge in [0.25, 0.3) is 0 Å². The van der Waals surface area contributed by atoms with Crippen LogP contribution in [0.25, 0.3) is 0 Å². The van der Waals surface area contributed by atoms with E-state index in [1.807, 2.05) is 24.3 Å². The molecule has 7 heteroatoms. The average Bonchev–Trinajstić information content (AvgIpc) is 2.67. The van der Waals surface area contributed by atoms with Crippen LogP contribution in [-0.2, 0) is 20.9 Å². The van der Waals surface area contributed by atoms with Crippen molar-refractivity contribution in [3.63, 3.8) is 0 Å². The fourth-order valence-corrected chi connectivity index (χ4v) is 3.45. The van der Waals surface area contributed by atoms with Gasteiger partial charge >= 0.3 is 6.09 Å². The highest BCUT2D eigenvalue weighted by atomic mass is 16.6. The van der Waals surface area contributed by atoms with Crippen molar-refractivity contribution in [3.05, 3.63) is 29.8 Å². The quantitative estimate of drug-likeness (QED) is 0.593. The second kappa shape index (κ2) is 11.6. The van der Waals surface area contributed by atoms with E-state index in [0.717, 1.165) is 18.4 Å². The van der Waals surface area contributed by atoms with Gasteiger partial charge in [-0.1, -0.05) is 31.4 Å². The van der Waals surface area contributed by atoms with Crippen molar-refractivity contribution in [2.75, 3.05) is 11.9 Å². The number of ether oxygens (including phenoxy) is 1. The number of hydrogen-bond donors (Lipinski definition) is 3. The predicted molar refractivity (Wildman–Crippen MR) is 117 cm³/mol. The maximum Gasteiger partial charge on any atom is 0.407 e. The molecule has 0 radical (unpaired) electrons. The van der Waals surface area contributed by atoms with Gasteiger partial charge < -0.3 is 20.7 Å². The van der Waals surface area contributed by atoms with Gasteiger partial charge in [0.05, 0.1) is 0 Å². The Labute approximate surface area is 179 Å². The summed E-state index contributed by atoms with van der Waals surface area (Å²) in [7, 11) is 0. The Hall–Kier alpha value is -2.57. The van der Waals surface area contributed by atoms with Crippen LogP contribution in [-0.4, -0.2) is 30.1 Å². The predicted octanol–water partition coefficient (Wildman–Crippen LogP) is 4.13. The van der Waals surface area contributed by atoms with E-state index in [1.54, 1.807) is 20.8 Å². The second-order valence-corrected chi connectivity index (χ2v) is 8.91. The molecule has 0 aromatic heterocycles. The summed E-state index contributed by atoms with van der Waals surface area (Å²) in [5, 5.41) is 8.33. The zero-order chi connectivity index (χ0) is 22.0. The molecule has 1 saturated carbocycles. The van der Waals surface area contributed by atoms with E-state index >= 15 is 0 Å². The Morgan fingerprint density at radius 2 is 1.63 bits per heavy atom. The summed E-state index contributed by atoms with van der Waals surface area (Å²) < 4.78 is 5.12. The molecule has 1 aromatic carbocycles. The molecule has 0 heterocycles. The van der Waals surface area contributed by atoms with Crippen LogP contribution < -0.4 is 16.0 Å². The summed E-state index contributed by atoms with van der Waals surface area (Å²) in [5.74, 6) is 0.442. The van der Waals surface area contributed by atoms with Crippen LogP contribution in [0.15, 0.2) is 24.3 Å². The molecule has 1 aromatic rings. The lowest BCUT2D eigenvalue weighted by Gasteiger charge is -2.20. The molecule has 1 fully saturated rings. The summed E-state index contributed by atoms with van der Waals surface area (Å²) in [6, 6.07) is 7.38. The van der Waals surface area contributed by atoms with Crippen molar-refractivity contribution in [1.29, 1.82) is 0 Å². The first-order chi connectivity index (χ1) is 14.2. The minimum absolute atomic E-state index is 0.108. The van der Waals surface area contributed by atoms with Crippen LogP contribution in [0.4, 0.5) is 10.5 Å². The van der Waals surface area contributed by atoms with Crippen molar-refractivity contribution in [2.24, 2.45) is 5.92 Å². The Kier molecular flexibility index (Phi) is 9.15.